The molecule has 1 amide bonds. The second kappa shape index (κ2) is 41.3. The maximum Gasteiger partial charge on any atom is 0.268 e. The number of phosphoric ester groups is 1. The number of aliphatic hydroxyl groups is 1. The summed E-state index contributed by atoms with van der Waals surface area (Å²) in [5.41, 5.74) is 0. The van der Waals surface area contributed by atoms with Gasteiger partial charge in [0.1, 0.15) is 13.2 Å². The normalized spacial score (nSPS) is 14.4. The Morgan fingerprint density at radius 1 is 0.586 bits per heavy atom. The third-order valence-corrected chi connectivity index (χ3v) is 12.1. The van der Waals surface area contributed by atoms with Crippen LogP contribution in [0.4, 0.5) is 0 Å². The third kappa shape index (κ3) is 43.1. The van der Waals surface area contributed by atoms with Crippen LogP contribution in [0.1, 0.15) is 232 Å². The topological polar surface area (TPSA) is 108 Å². The highest BCUT2D eigenvalue weighted by atomic mass is 31.2. The van der Waals surface area contributed by atoms with E-state index in [1.807, 2.05) is 27.2 Å². The first kappa shape index (κ1) is 57.0. The van der Waals surface area contributed by atoms with Crippen molar-refractivity contribution in [3.8, 4) is 0 Å². The second-order valence-electron chi connectivity index (χ2n) is 18.2. The number of unbranched alkanes of at least 4 members (excludes halogenated alkanes) is 30. The number of carbonyl (C=O) groups excluding carboxylic acids is 1. The molecule has 3 unspecified atom stereocenters. The van der Waals surface area contributed by atoms with Crippen molar-refractivity contribution in [3.05, 3.63) is 24.3 Å². The summed E-state index contributed by atoms with van der Waals surface area (Å²) >= 11 is 0. The smallest absolute Gasteiger partial charge is 0.268 e. The van der Waals surface area contributed by atoms with Gasteiger partial charge in [-0.3, -0.25) is 9.36 Å². The summed E-state index contributed by atoms with van der Waals surface area (Å²) in [6.45, 7) is 4.64. The molecule has 8 nitrogen and oxygen atoms in total. The molecule has 0 aliphatic carbocycles. The maximum atomic E-state index is 12.9. The number of allylic oxidation sites excluding steroid dienone is 3. The number of aliphatic hydroxyl groups excluding tert-OH is 1. The van der Waals surface area contributed by atoms with Gasteiger partial charge in [-0.05, 0) is 32.1 Å². The van der Waals surface area contributed by atoms with E-state index in [0.717, 1.165) is 38.5 Å². The Labute approximate surface area is 360 Å². The molecule has 0 saturated carbocycles. The van der Waals surface area contributed by atoms with Crippen molar-refractivity contribution in [2.75, 3.05) is 40.9 Å². The second-order valence-corrected chi connectivity index (χ2v) is 19.6. The molecule has 0 aromatic rings. The number of nitrogens with zero attached hydrogens (tertiary/aromatic N) is 1. The minimum absolute atomic E-state index is 0.00413. The molecule has 0 radical (unpaired) electrons. The molecule has 0 spiro atoms. The van der Waals surface area contributed by atoms with Crippen LogP contribution < -0.4 is 10.2 Å². The molecule has 9 heteroatoms. The summed E-state index contributed by atoms with van der Waals surface area (Å²) < 4.78 is 23.2. The molecule has 0 aliphatic rings. The summed E-state index contributed by atoms with van der Waals surface area (Å²) in [7, 11) is 1.25. The summed E-state index contributed by atoms with van der Waals surface area (Å²) in [4.78, 5) is 25.3. The molecule has 3 atom stereocenters. The molecule has 0 fully saturated rings. The van der Waals surface area contributed by atoms with Crippen LogP contribution in [0.5, 0.6) is 0 Å². The van der Waals surface area contributed by atoms with Crippen molar-refractivity contribution in [1.82, 2.24) is 5.32 Å². The summed E-state index contributed by atoms with van der Waals surface area (Å²) in [6, 6.07) is -0.898. The van der Waals surface area contributed by atoms with E-state index in [1.54, 1.807) is 6.08 Å². The van der Waals surface area contributed by atoms with E-state index in [-0.39, 0.29) is 19.1 Å². The van der Waals surface area contributed by atoms with Crippen molar-refractivity contribution < 1.29 is 32.9 Å². The minimum atomic E-state index is -4.59. The molecule has 0 aromatic heterocycles. The van der Waals surface area contributed by atoms with Crippen LogP contribution in [-0.4, -0.2) is 68.5 Å². The Morgan fingerprint density at radius 3 is 1.40 bits per heavy atom. The first-order chi connectivity index (χ1) is 28.0. The molecule has 2 N–H and O–H groups in total. The van der Waals surface area contributed by atoms with Crippen molar-refractivity contribution in [2.45, 2.75) is 244 Å². The van der Waals surface area contributed by atoms with Crippen LogP contribution in [0.3, 0.4) is 0 Å². The van der Waals surface area contributed by atoms with Crippen molar-refractivity contribution >= 4 is 13.7 Å². The Bertz CT molecular complexity index is 1000. The molecule has 0 heterocycles. The van der Waals surface area contributed by atoms with E-state index in [0.29, 0.717) is 17.4 Å². The van der Waals surface area contributed by atoms with Crippen LogP contribution >= 0.6 is 7.82 Å². The van der Waals surface area contributed by atoms with Crippen LogP contribution in [-0.2, 0) is 18.4 Å². The van der Waals surface area contributed by atoms with Gasteiger partial charge in [-0.15, -0.1) is 0 Å². The average Bonchev–Trinajstić information content (AvgIpc) is 3.17. The predicted molar refractivity (Wildman–Crippen MR) is 247 cm³/mol. The van der Waals surface area contributed by atoms with Gasteiger partial charge in [-0.25, -0.2) is 0 Å². The molecule has 0 aliphatic heterocycles. The lowest BCUT2D eigenvalue weighted by Crippen LogP contribution is -2.45. The largest absolute Gasteiger partial charge is 0.756 e. The van der Waals surface area contributed by atoms with Gasteiger partial charge in [0.05, 0.1) is 39.9 Å². The highest BCUT2D eigenvalue weighted by Gasteiger charge is 2.23. The van der Waals surface area contributed by atoms with Gasteiger partial charge in [0.2, 0.25) is 5.91 Å². The highest BCUT2D eigenvalue weighted by Crippen LogP contribution is 2.38. The van der Waals surface area contributed by atoms with E-state index >= 15 is 0 Å². The van der Waals surface area contributed by atoms with E-state index in [9.17, 15) is 19.4 Å². The molecular formula is C49H97N2O6P. The number of amides is 1. The van der Waals surface area contributed by atoms with Crippen LogP contribution in [0.25, 0.3) is 0 Å². The number of nitrogens with one attached hydrogen (secondary N) is 1. The lowest BCUT2D eigenvalue weighted by atomic mass is 10.0. The standard InChI is InChI=1S/C49H97N2O6P/c1-6-8-10-12-14-16-18-20-22-23-24-25-26-27-28-29-31-33-35-37-39-41-43-49(53)50-47(46-57-58(54,55)56-45-44-51(3,4)5)48(52)42-40-38-36-34-32-30-21-19-17-15-13-11-9-7-2/h32,34,40,42,47-48,52H,6-31,33,35-39,41,43-46H2,1-5H3,(H-,50,53,54,55)/b34-32+,42-40+. The zero-order valence-electron chi connectivity index (χ0n) is 39.0. The van der Waals surface area contributed by atoms with Crippen LogP contribution in [0.15, 0.2) is 24.3 Å². The van der Waals surface area contributed by atoms with Crippen molar-refractivity contribution in [1.29, 1.82) is 0 Å². The van der Waals surface area contributed by atoms with Gasteiger partial charge >= 0.3 is 0 Å². The van der Waals surface area contributed by atoms with Gasteiger partial charge in [-0.1, -0.05) is 218 Å². The molecule has 344 valence electrons. The quantitative estimate of drug-likeness (QED) is 0.0274. The van der Waals surface area contributed by atoms with Crippen molar-refractivity contribution in [2.24, 2.45) is 0 Å². The van der Waals surface area contributed by atoms with E-state index in [4.69, 9.17) is 9.05 Å². The first-order valence-corrected chi connectivity index (χ1v) is 26.2. The Kier molecular flexibility index (Phi) is 40.6. The summed E-state index contributed by atoms with van der Waals surface area (Å²) in [5.74, 6) is -0.204. The van der Waals surface area contributed by atoms with E-state index < -0.39 is 20.0 Å². The average molecular weight is 841 g/mol. The zero-order valence-corrected chi connectivity index (χ0v) is 39.9. The number of quaternary nitrogens is 1. The summed E-state index contributed by atoms with van der Waals surface area (Å²) in [5, 5.41) is 13.8. The van der Waals surface area contributed by atoms with Gasteiger partial charge in [-0.2, -0.15) is 0 Å². The molecule has 0 bridgehead atoms. The molecular weight excluding hydrogens is 744 g/mol. The molecule has 58 heavy (non-hydrogen) atoms. The number of rotatable bonds is 45. The molecule has 0 rings (SSSR count). The highest BCUT2D eigenvalue weighted by molar-refractivity contribution is 7.45. The Morgan fingerprint density at radius 2 is 0.966 bits per heavy atom. The van der Waals surface area contributed by atoms with Crippen LogP contribution in [0.2, 0.25) is 0 Å². The van der Waals surface area contributed by atoms with Gasteiger partial charge in [0, 0.05) is 6.42 Å². The number of hydrogen-bond donors (Lipinski definition) is 2. The monoisotopic (exact) mass is 841 g/mol. The summed E-state index contributed by atoms with van der Waals surface area (Å²) in [6.07, 6.45) is 49.5. The fourth-order valence-corrected chi connectivity index (χ4v) is 7.95. The first-order valence-electron chi connectivity index (χ1n) is 24.7. The third-order valence-electron chi connectivity index (χ3n) is 11.2. The van der Waals surface area contributed by atoms with Crippen LogP contribution in [0, 0.1) is 0 Å². The van der Waals surface area contributed by atoms with Gasteiger partial charge in [0.25, 0.3) is 7.82 Å². The SMILES string of the molecule is CCCCCCCCCC/C=C/CC/C=C/C(O)C(COP(=O)([O-])OCC[N+](C)(C)C)NC(=O)CCCCCCCCCCCCCCCCCCCCCCCC. The number of carbonyl (C=O) groups is 1. The fourth-order valence-electron chi connectivity index (χ4n) is 7.23. The number of likely N-dealkylation sites (N-methyl/N-ethyl adjacent to an activating group) is 1. The van der Waals surface area contributed by atoms with Gasteiger partial charge in [0.15, 0.2) is 0 Å². The molecule has 0 aromatic carbocycles. The Hall–Kier alpha value is -1.02. The van der Waals surface area contributed by atoms with Gasteiger partial charge < -0.3 is 28.8 Å². The number of hydrogen-bond acceptors (Lipinski definition) is 6. The fraction of sp³-hybridized carbons (Fsp3) is 0.898. The Balaban J connectivity index is 4.28. The van der Waals surface area contributed by atoms with E-state index in [1.165, 1.54) is 173 Å². The predicted octanol–water partition coefficient (Wildman–Crippen LogP) is 13.5. The van der Waals surface area contributed by atoms with Crippen molar-refractivity contribution in [3.63, 3.8) is 0 Å². The van der Waals surface area contributed by atoms with E-state index in [2.05, 4.69) is 31.3 Å². The lowest BCUT2D eigenvalue weighted by Gasteiger charge is -2.29. The zero-order chi connectivity index (χ0) is 42.8. The minimum Gasteiger partial charge on any atom is -0.756 e. The maximum absolute atomic E-state index is 12.9. The molecule has 0 saturated heterocycles. The lowest BCUT2D eigenvalue weighted by molar-refractivity contribution is -0.870. The number of phosphoric acid groups is 1.